The van der Waals surface area contributed by atoms with Gasteiger partial charge in [0.2, 0.25) is 5.95 Å². The highest BCUT2D eigenvalue weighted by Gasteiger charge is 2.30. The first-order chi connectivity index (χ1) is 13.5. The maximum Gasteiger partial charge on any atom is 0.416 e. The van der Waals surface area contributed by atoms with E-state index in [9.17, 15) is 13.2 Å². The molecule has 2 aromatic carbocycles. The van der Waals surface area contributed by atoms with Crippen molar-refractivity contribution in [3.8, 4) is 5.75 Å². The summed E-state index contributed by atoms with van der Waals surface area (Å²) < 4.78 is 43.9. The summed E-state index contributed by atoms with van der Waals surface area (Å²) in [6.45, 7) is 1.17. The Bertz CT molecular complexity index is 888. The molecule has 146 valence electrons. The van der Waals surface area contributed by atoms with E-state index < -0.39 is 11.7 Å². The Labute approximate surface area is 160 Å². The zero-order chi connectivity index (χ0) is 19.8. The normalized spacial score (nSPS) is 11.1. The van der Waals surface area contributed by atoms with Gasteiger partial charge in [-0.15, -0.1) is 0 Å². The molecule has 0 atom stereocenters. The smallest absolute Gasteiger partial charge is 0.416 e. The van der Waals surface area contributed by atoms with Gasteiger partial charge in [0.15, 0.2) is 0 Å². The van der Waals surface area contributed by atoms with Crippen LogP contribution < -0.4 is 15.4 Å². The van der Waals surface area contributed by atoms with Crippen LogP contribution in [0.5, 0.6) is 5.75 Å². The van der Waals surface area contributed by atoms with Crippen LogP contribution in [0.2, 0.25) is 0 Å². The monoisotopic (exact) mass is 388 g/mol. The predicted molar refractivity (Wildman–Crippen MR) is 101 cm³/mol. The SMILES string of the molecule is FC(F)(F)c1cccc(CNc2ccnc(NCCOc3ccccc3)n2)c1. The second kappa shape index (κ2) is 9.07. The number of rotatable bonds is 8. The van der Waals surface area contributed by atoms with Crippen LogP contribution in [-0.2, 0) is 12.7 Å². The first kappa shape index (κ1) is 19.5. The Morgan fingerprint density at radius 1 is 0.929 bits per heavy atom. The van der Waals surface area contributed by atoms with Crippen molar-refractivity contribution in [3.63, 3.8) is 0 Å². The van der Waals surface area contributed by atoms with Crippen LogP contribution >= 0.6 is 0 Å². The fourth-order valence-corrected chi connectivity index (χ4v) is 2.44. The van der Waals surface area contributed by atoms with Crippen molar-refractivity contribution >= 4 is 11.8 Å². The number of hydrogen-bond acceptors (Lipinski definition) is 5. The lowest BCUT2D eigenvalue weighted by molar-refractivity contribution is -0.137. The van der Waals surface area contributed by atoms with Crippen LogP contribution in [0.15, 0.2) is 66.9 Å². The first-order valence-corrected chi connectivity index (χ1v) is 8.65. The van der Waals surface area contributed by atoms with Crippen molar-refractivity contribution in [2.24, 2.45) is 0 Å². The lowest BCUT2D eigenvalue weighted by atomic mass is 10.1. The molecule has 0 fully saturated rings. The summed E-state index contributed by atoms with van der Waals surface area (Å²) in [7, 11) is 0. The number of nitrogens with one attached hydrogen (secondary N) is 2. The van der Waals surface area contributed by atoms with Crippen molar-refractivity contribution in [2.45, 2.75) is 12.7 Å². The number of anilines is 2. The van der Waals surface area contributed by atoms with E-state index in [1.807, 2.05) is 30.3 Å². The van der Waals surface area contributed by atoms with Crippen LogP contribution in [0.1, 0.15) is 11.1 Å². The van der Waals surface area contributed by atoms with E-state index in [2.05, 4.69) is 20.6 Å². The van der Waals surface area contributed by atoms with Gasteiger partial charge in [-0.25, -0.2) is 4.98 Å². The third-order valence-electron chi connectivity index (χ3n) is 3.78. The van der Waals surface area contributed by atoms with Gasteiger partial charge in [0.1, 0.15) is 18.2 Å². The molecule has 0 aliphatic rings. The highest BCUT2D eigenvalue weighted by Crippen LogP contribution is 2.29. The topological polar surface area (TPSA) is 59.1 Å². The van der Waals surface area contributed by atoms with Gasteiger partial charge in [0.05, 0.1) is 12.1 Å². The average Bonchev–Trinajstić information content (AvgIpc) is 2.70. The van der Waals surface area contributed by atoms with Gasteiger partial charge in [-0.1, -0.05) is 30.3 Å². The number of ether oxygens (including phenoxy) is 1. The Morgan fingerprint density at radius 2 is 1.75 bits per heavy atom. The quantitative estimate of drug-likeness (QED) is 0.553. The van der Waals surface area contributed by atoms with E-state index >= 15 is 0 Å². The van der Waals surface area contributed by atoms with Gasteiger partial charge in [-0.3, -0.25) is 0 Å². The van der Waals surface area contributed by atoms with Crippen LogP contribution in [0.25, 0.3) is 0 Å². The zero-order valence-corrected chi connectivity index (χ0v) is 14.9. The number of benzene rings is 2. The van der Waals surface area contributed by atoms with Crippen LogP contribution in [-0.4, -0.2) is 23.1 Å². The lowest BCUT2D eigenvalue weighted by Gasteiger charge is -2.11. The standard InChI is InChI=1S/C20H19F3N4O/c21-20(22,23)16-6-4-5-15(13-16)14-26-18-9-10-24-19(27-18)25-11-12-28-17-7-2-1-3-8-17/h1-10,13H,11-12,14H2,(H2,24,25,26,27). The third-order valence-corrected chi connectivity index (χ3v) is 3.78. The molecule has 0 aliphatic carbocycles. The minimum atomic E-state index is -4.36. The molecule has 0 saturated heterocycles. The van der Waals surface area contributed by atoms with E-state index in [1.165, 1.54) is 6.07 Å². The summed E-state index contributed by atoms with van der Waals surface area (Å²) in [5.41, 5.74) is -0.158. The van der Waals surface area contributed by atoms with Crippen LogP contribution in [0.3, 0.4) is 0 Å². The number of aromatic nitrogens is 2. The minimum absolute atomic E-state index is 0.220. The van der Waals surface area contributed by atoms with Crippen molar-refractivity contribution in [1.29, 1.82) is 0 Å². The van der Waals surface area contributed by atoms with Crippen molar-refractivity contribution in [2.75, 3.05) is 23.8 Å². The summed E-state index contributed by atoms with van der Waals surface area (Å²) in [4.78, 5) is 8.41. The molecule has 1 aromatic heterocycles. The van der Waals surface area contributed by atoms with Crippen LogP contribution in [0, 0.1) is 0 Å². The Morgan fingerprint density at radius 3 is 2.54 bits per heavy atom. The molecule has 28 heavy (non-hydrogen) atoms. The molecule has 3 aromatic rings. The van der Waals surface area contributed by atoms with Gasteiger partial charge < -0.3 is 15.4 Å². The highest BCUT2D eigenvalue weighted by molar-refractivity contribution is 5.40. The van der Waals surface area contributed by atoms with Crippen molar-refractivity contribution in [3.05, 3.63) is 78.0 Å². The molecule has 3 rings (SSSR count). The molecule has 2 N–H and O–H groups in total. The number of halogens is 3. The third kappa shape index (κ3) is 5.87. The van der Waals surface area contributed by atoms with Crippen molar-refractivity contribution in [1.82, 2.24) is 9.97 Å². The number of alkyl halides is 3. The molecule has 0 radical (unpaired) electrons. The fraction of sp³-hybridized carbons (Fsp3) is 0.200. The lowest BCUT2D eigenvalue weighted by Crippen LogP contribution is -2.14. The van der Waals surface area contributed by atoms with Crippen molar-refractivity contribution < 1.29 is 17.9 Å². The van der Waals surface area contributed by atoms with E-state index in [0.29, 0.717) is 30.5 Å². The summed E-state index contributed by atoms with van der Waals surface area (Å²) in [5.74, 6) is 1.70. The number of hydrogen-bond donors (Lipinski definition) is 2. The number of para-hydroxylation sites is 1. The molecule has 0 aliphatic heterocycles. The molecule has 0 spiro atoms. The molecule has 8 heteroatoms. The van der Waals surface area contributed by atoms with Gasteiger partial charge in [0.25, 0.3) is 0 Å². The Kier molecular flexibility index (Phi) is 6.31. The minimum Gasteiger partial charge on any atom is -0.492 e. The molecule has 1 heterocycles. The summed E-state index contributed by atoms with van der Waals surface area (Å²) >= 11 is 0. The average molecular weight is 388 g/mol. The molecular weight excluding hydrogens is 369 g/mol. The fourth-order valence-electron chi connectivity index (χ4n) is 2.44. The summed E-state index contributed by atoms with van der Waals surface area (Å²) in [6.07, 6.45) is -2.79. The van der Waals surface area contributed by atoms with E-state index in [1.54, 1.807) is 18.3 Å². The summed E-state index contributed by atoms with van der Waals surface area (Å²) in [5, 5.41) is 6.05. The molecule has 0 saturated carbocycles. The summed E-state index contributed by atoms with van der Waals surface area (Å²) in [6, 6.07) is 16.3. The Balaban J connectivity index is 1.49. The van der Waals surface area contributed by atoms with Gasteiger partial charge in [-0.2, -0.15) is 18.2 Å². The Hall–Kier alpha value is -3.29. The molecule has 0 amide bonds. The van der Waals surface area contributed by atoms with E-state index in [0.717, 1.165) is 17.9 Å². The molecule has 0 bridgehead atoms. The molecule has 5 nitrogen and oxygen atoms in total. The molecular formula is C20H19F3N4O. The molecule has 0 unspecified atom stereocenters. The van der Waals surface area contributed by atoms with E-state index in [4.69, 9.17) is 4.74 Å². The second-order valence-electron chi connectivity index (χ2n) is 5.91. The maximum absolute atomic E-state index is 12.8. The van der Waals surface area contributed by atoms with Gasteiger partial charge >= 0.3 is 6.18 Å². The van der Waals surface area contributed by atoms with E-state index in [-0.39, 0.29) is 6.54 Å². The van der Waals surface area contributed by atoms with Crippen LogP contribution in [0.4, 0.5) is 24.9 Å². The largest absolute Gasteiger partial charge is 0.492 e. The zero-order valence-electron chi connectivity index (χ0n) is 14.9. The van der Waals surface area contributed by atoms with Gasteiger partial charge in [-0.05, 0) is 35.9 Å². The highest BCUT2D eigenvalue weighted by atomic mass is 19.4. The van der Waals surface area contributed by atoms with Gasteiger partial charge in [0, 0.05) is 12.7 Å². The first-order valence-electron chi connectivity index (χ1n) is 8.65. The second-order valence-corrected chi connectivity index (χ2v) is 5.91. The number of nitrogens with zero attached hydrogens (tertiary/aromatic N) is 2. The maximum atomic E-state index is 12.8. The predicted octanol–water partition coefficient (Wildman–Crippen LogP) is 4.60.